The number of aromatic amines is 1. The van der Waals surface area contributed by atoms with Crippen LogP contribution in [-0.2, 0) is 6.42 Å². The molecule has 0 atom stereocenters. The Morgan fingerprint density at radius 3 is 2.60 bits per heavy atom. The monoisotopic (exact) mass is 210 g/mol. The Hall–Kier alpha value is -1.52. The topological polar surface area (TPSA) is 97.8 Å². The van der Waals surface area contributed by atoms with Crippen LogP contribution in [0.1, 0.15) is 38.2 Å². The van der Waals surface area contributed by atoms with Gasteiger partial charge in [-0.1, -0.05) is 26.2 Å². The molecule has 84 valence electrons. The smallest absolute Gasteiger partial charge is 0.257 e. The highest BCUT2D eigenvalue weighted by molar-refractivity contribution is 5.41. The van der Waals surface area contributed by atoms with Crippen LogP contribution in [0.2, 0.25) is 0 Å². The van der Waals surface area contributed by atoms with Gasteiger partial charge in [0.1, 0.15) is 5.82 Å². The number of nitrogens with zero attached hydrogens (tertiary/aromatic N) is 1. The van der Waals surface area contributed by atoms with Crippen molar-refractivity contribution in [2.75, 3.05) is 11.5 Å². The van der Waals surface area contributed by atoms with Gasteiger partial charge < -0.3 is 11.5 Å². The molecule has 0 unspecified atom stereocenters. The number of unbranched alkanes of at least 4 members (excludes halogenated alkanes) is 3. The maximum Gasteiger partial charge on any atom is 0.257 e. The van der Waals surface area contributed by atoms with E-state index in [0.717, 1.165) is 12.8 Å². The second-order valence-electron chi connectivity index (χ2n) is 3.63. The molecule has 0 aromatic carbocycles. The third kappa shape index (κ3) is 3.27. The fraction of sp³-hybridized carbons (Fsp3) is 0.600. The predicted octanol–water partition coefficient (Wildman–Crippen LogP) is 1.06. The SMILES string of the molecule is CCCCCCc1c(N)nc(N)[nH]c1=O. The second kappa shape index (κ2) is 5.38. The fourth-order valence-electron chi connectivity index (χ4n) is 1.50. The van der Waals surface area contributed by atoms with Crippen LogP contribution in [0.4, 0.5) is 11.8 Å². The molecule has 1 aromatic heterocycles. The molecule has 0 aliphatic carbocycles. The third-order valence-electron chi connectivity index (χ3n) is 2.35. The Labute approximate surface area is 88.9 Å². The molecule has 0 fully saturated rings. The zero-order chi connectivity index (χ0) is 11.3. The molecule has 0 radical (unpaired) electrons. The molecule has 1 heterocycles. The van der Waals surface area contributed by atoms with Gasteiger partial charge in [0.2, 0.25) is 5.95 Å². The quantitative estimate of drug-likeness (QED) is 0.633. The van der Waals surface area contributed by atoms with Crippen LogP contribution >= 0.6 is 0 Å². The number of hydrogen-bond donors (Lipinski definition) is 3. The highest BCUT2D eigenvalue weighted by Gasteiger charge is 2.06. The summed E-state index contributed by atoms with van der Waals surface area (Å²) in [7, 11) is 0. The first-order valence-corrected chi connectivity index (χ1v) is 5.29. The molecule has 0 amide bonds. The molecule has 1 rings (SSSR count). The van der Waals surface area contributed by atoms with Crippen LogP contribution in [0, 0.1) is 0 Å². The van der Waals surface area contributed by atoms with E-state index in [2.05, 4.69) is 16.9 Å². The highest BCUT2D eigenvalue weighted by Crippen LogP contribution is 2.09. The molecule has 0 saturated carbocycles. The molecule has 5 N–H and O–H groups in total. The number of H-pyrrole nitrogens is 1. The Morgan fingerprint density at radius 2 is 2.00 bits per heavy atom. The Kier molecular flexibility index (Phi) is 4.15. The maximum atomic E-state index is 11.5. The van der Waals surface area contributed by atoms with Gasteiger partial charge in [-0.05, 0) is 12.8 Å². The molecule has 0 spiro atoms. The maximum absolute atomic E-state index is 11.5. The van der Waals surface area contributed by atoms with E-state index in [1.165, 1.54) is 12.8 Å². The van der Waals surface area contributed by atoms with Gasteiger partial charge in [-0.15, -0.1) is 0 Å². The van der Waals surface area contributed by atoms with E-state index in [0.29, 0.717) is 12.0 Å². The molecule has 15 heavy (non-hydrogen) atoms. The van der Waals surface area contributed by atoms with E-state index in [1.807, 2.05) is 0 Å². The Balaban J connectivity index is 2.65. The third-order valence-corrected chi connectivity index (χ3v) is 2.35. The zero-order valence-corrected chi connectivity index (χ0v) is 9.05. The van der Waals surface area contributed by atoms with E-state index in [9.17, 15) is 4.79 Å². The second-order valence-corrected chi connectivity index (χ2v) is 3.63. The minimum absolute atomic E-state index is 0.0785. The molecular weight excluding hydrogens is 192 g/mol. The van der Waals surface area contributed by atoms with Crippen molar-refractivity contribution in [1.29, 1.82) is 0 Å². The fourth-order valence-corrected chi connectivity index (χ4v) is 1.50. The molecule has 0 aliphatic rings. The lowest BCUT2D eigenvalue weighted by atomic mass is 10.1. The van der Waals surface area contributed by atoms with Crippen molar-refractivity contribution in [2.24, 2.45) is 0 Å². The lowest BCUT2D eigenvalue weighted by Crippen LogP contribution is -2.19. The minimum atomic E-state index is -0.212. The van der Waals surface area contributed by atoms with E-state index in [1.54, 1.807) is 0 Å². The molecule has 1 aromatic rings. The van der Waals surface area contributed by atoms with E-state index in [4.69, 9.17) is 11.5 Å². The summed E-state index contributed by atoms with van der Waals surface area (Å²) in [5.41, 5.74) is 11.3. The molecule has 0 bridgehead atoms. The molecule has 0 aliphatic heterocycles. The number of nitrogen functional groups attached to an aromatic ring is 2. The predicted molar refractivity (Wildman–Crippen MR) is 61.5 cm³/mol. The molecule has 5 heteroatoms. The summed E-state index contributed by atoms with van der Waals surface area (Å²) in [6, 6.07) is 0. The van der Waals surface area contributed by atoms with Gasteiger partial charge in [0.05, 0.1) is 5.56 Å². The summed E-state index contributed by atoms with van der Waals surface area (Å²) in [5.74, 6) is 0.336. The summed E-state index contributed by atoms with van der Waals surface area (Å²) in [6.07, 6.45) is 5.10. The highest BCUT2D eigenvalue weighted by atomic mass is 16.1. The molecule has 0 saturated heterocycles. The Bertz CT molecular complexity index is 372. The van der Waals surface area contributed by atoms with Gasteiger partial charge in [0, 0.05) is 0 Å². The minimum Gasteiger partial charge on any atom is -0.383 e. The van der Waals surface area contributed by atoms with Gasteiger partial charge in [0.25, 0.3) is 5.56 Å². The van der Waals surface area contributed by atoms with Crippen LogP contribution in [0.5, 0.6) is 0 Å². The summed E-state index contributed by atoms with van der Waals surface area (Å²) in [4.78, 5) is 17.8. The van der Waals surface area contributed by atoms with Gasteiger partial charge in [-0.25, -0.2) is 0 Å². The van der Waals surface area contributed by atoms with Crippen molar-refractivity contribution in [3.8, 4) is 0 Å². The number of rotatable bonds is 5. The van der Waals surface area contributed by atoms with Gasteiger partial charge in [0.15, 0.2) is 0 Å². The molecular formula is C10H18N4O. The normalized spacial score (nSPS) is 10.5. The van der Waals surface area contributed by atoms with Crippen LogP contribution < -0.4 is 17.0 Å². The number of anilines is 2. The first-order valence-electron chi connectivity index (χ1n) is 5.29. The first kappa shape index (κ1) is 11.6. The average molecular weight is 210 g/mol. The van der Waals surface area contributed by atoms with Crippen LogP contribution in [0.3, 0.4) is 0 Å². The van der Waals surface area contributed by atoms with Crippen molar-refractivity contribution >= 4 is 11.8 Å². The van der Waals surface area contributed by atoms with Crippen molar-refractivity contribution in [1.82, 2.24) is 9.97 Å². The lowest BCUT2D eigenvalue weighted by molar-refractivity contribution is 0.664. The zero-order valence-electron chi connectivity index (χ0n) is 9.05. The van der Waals surface area contributed by atoms with Gasteiger partial charge in [-0.2, -0.15) is 4.98 Å². The van der Waals surface area contributed by atoms with Crippen molar-refractivity contribution in [3.05, 3.63) is 15.9 Å². The Morgan fingerprint density at radius 1 is 1.27 bits per heavy atom. The summed E-state index contributed by atoms with van der Waals surface area (Å²) < 4.78 is 0. The number of nitrogens with two attached hydrogens (primary N) is 2. The van der Waals surface area contributed by atoms with Crippen LogP contribution in [0.15, 0.2) is 4.79 Å². The number of hydrogen-bond acceptors (Lipinski definition) is 4. The van der Waals surface area contributed by atoms with E-state index in [-0.39, 0.29) is 17.3 Å². The largest absolute Gasteiger partial charge is 0.383 e. The number of aromatic nitrogens is 2. The van der Waals surface area contributed by atoms with Crippen molar-refractivity contribution < 1.29 is 0 Å². The summed E-state index contributed by atoms with van der Waals surface area (Å²) in [6.45, 7) is 2.14. The summed E-state index contributed by atoms with van der Waals surface area (Å²) >= 11 is 0. The van der Waals surface area contributed by atoms with Crippen molar-refractivity contribution in [2.45, 2.75) is 39.0 Å². The number of nitrogens with one attached hydrogen (secondary N) is 1. The van der Waals surface area contributed by atoms with Gasteiger partial charge in [-0.3, -0.25) is 9.78 Å². The van der Waals surface area contributed by atoms with E-state index < -0.39 is 0 Å². The van der Waals surface area contributed by atoms with Crippen molar-refractivity contribution in [3.63, 3.8) is 0 Å². The van der Waals surface area contributed by atoms with Gasteiger partial charge >= 0.3 is 0 Å². The average Bonchev–Trinajstić information content (AvgIpc) is 2.15. The first-order chi connectivity index (χ1) is 7.15. The summed E-state index contributed by atoms with van der Waals surface area (Å²) in [5, 5.41) is 0. The standard InChI is InChI=1S/C10H18N4O/c1-2-3-4-5-6-7-8(11)13-10(12)14-9(7)15/h2-6H2,1H3,(H5,11,12,13,14,15). The van der Waals surface area contributed by atoms with E-state index >= 15 is 0 Å². The molecule has 5 nitrogen and oxygen atoms in total. The van der Waals surface area contributed by atoms with Crippen LogP contribution in [-0.4, -0.2) is 9.97 Å². The van der Waals surface area contributed by atoms with Crippen LogP contribution in [0.25, 0.3) is 0 Å². The lowest BCUT2D eigenvalue weighted by Gasteiger charge is -2.04.